The zero-order chi connectivity index (χ0) is 13.9. The van der Waals surface area contributed by atoms with E-state index in [0.29, 0.717) is 5.56 Å². The average Bonchev–Trinajstić information content (AvgIpc) is 2.92. The number of rotatable bonds is 4. The third-order valence-electron chi connectivity index (χ3n) is 2.83. The van der Waals surface area contributed by atoms with E-state index in [1.165, 1.54) is 0 Å². The van der Waals surface area contributed by atoms with Gasteiger partial charge in [-0.3, -0.25) is 4.79 Å². The van der Waals surface area contributed by atoms with Crippen LogP contribution in [0.5, 0.6) is 0 Å². The third kappa shape index (κ3) is 3.23. The van der Waals surface area contributed by atoms with Gasteiger partial charge in [0.05, 0.1) is 24.7 Å². The van der Waals surface area contributed by atoms with E-state index in [-0.39, 0.29) is 12.5 Å². The molecule has 0 spiro atoms. The molecule has 0 atom stereocenters. The van der Waals surface area contributed by atoms with Gasteiger partial charge in [-0.1, -0.05) is 12.1 Å². The Balaban J connectivity index is 2.22. The predicted octanol–water partition coefficient (Wildman–Crippen LogP) is 2.45. The van der Waals surface area contributed by atoms with Gasteiger partial charge >= 0.3 is 0 Å². The summed E-state index contributed by atoms with van der Waals surface area (Å²) in [6.45, 7) is 3.43. The zero-order valence-corrected chi connectivity index (χ0v) is 11.0. The van der Waals surface area contributed by atoms with E-state index in [2.05, 4.69) is 5.32 Å². The summed E-state index contributed by atoms with van der Waals surface area (Å²) < 4.78 is 5.03. The van der Waals surface area contributed by atoms with Crippen LogP contribution in [0.3, 0.4) is 0 Å². The van der Waals surface area contributed by atoms with Crippen molar-refractivity contribution in [2.75, 3.05) is 6.61 Å². The smallest absolute Gasteiger partial charge is 0.251 e. The average molecular weight is 259 g/mol. The van der Waals surface area contributed by atoms with Gasteiger partial charge in [0.15, 0.2) is 0 Å². The summed E-state index contributed by atoms with van der Waals surface area (Å²) in [7, 11) is 0. The molecule has 0 saturated heterocycles. The molecular formula is C15H17NO3. The molecule has 0 aliphatic heterocycles. The van der Waals surface area contributed by atoms with Crippen molar-refractivity contribution in [3.8, 4) is 11.1 Å². The Kier molecular flexibility index (Phi) is 3.71. The maximum absolute atomic E-state index is 12.1. The molecule has 2 aromatic rings. The minimum atomic E-state index is -0.636. The lowest BCUT2D eigenvalue weighted by Crippen LogP contribution is -2.46. The van der Waals surface area contributed by atoms with Crippen LogP contribution in [0.25, 0.3) is 11.1 Å². The standard InChI is InChI=1S/C15H17NO3/c1-15(2,10-17)16-14(18)12-5-3-4-11(8-12)13-6-7-19-9-13/h3-9,17H,10H2,1-2H3,(H,16,18). The van der Waals surface area contributed by atoms with E-state index >= 15 is 0 Å². The van der Waals surface area contributed by atoms with Crippen LogP contribution in [0, 0.1) is 0 Å². The first-order chi connectivity index (χ1) is 9.02. The van der Waals surface area contributed by atoms with Crippen molar-refractivity contribution in [3.63, 3.8) is 0 Å². The molecule has 4 nitrogen and oxygen atoms in total. The van der Waals surface area contributed by atoms with Gasteiger partial charge in [-0.15, -0.1) is 0 Å². The number of nitrogens with one attached hydrogen (secondary N) is 1. The van der Waals surface area contributed by atoms with Gasteiger partial charge in [-0.2, -0.15) is 0 Å². The number of aliphatic hydroxyl groups excluding tert-OH is 1. The van der Waals surface area contributed by atoms with Gasteiger partial charge in [0.1, 0.15) is 0 Å². The lowest BCUT2D eigenvalue weighted by molar-refractivity contribution is 0.0869. The van der Waals surface area contributed by atoms with Crippen LogP contribution < -0.4 is 5.32 Å². The minimum absolute atomic E-state index is 0.111. The van der Waals surface area contributed by atoms with E-state index in [1.807, 2.05) is 18.2 Å². The second-order valence-corrected chi connectivity index (χ2v) is 5.09. The van der Waals surface area contributed by atoms with Gasteiger partial charge < -0.3 is 14.8 Å². The summed E-state index contributed by atoms with van der Waals surface area (Å²) >= 11 is 0. The van der Waals surface area contributed by atoms with E-state index < -0.39 is 5.54 Å². The fourth-order valence-corrected chi connectivity index (χ4v) is 1.69. The summed E-state index contributed by atoms with van der Waals surface area (Å²) in [5, 5.41) is 11.9. The lowest BCUT2D eigenvalue weighted by Gasteiger charge is -2.23. The second kappa shape index (κ2) is 5.28. The minimum Gasteiger partial charge on any atom is -0.472 e. The topological polar surface area (TPSA) is 62.5 Å². The molecule has 1 amide bonds. The Morgan fingerprint density at radius 1 is 1.32 bits per heavy atom. The largest absolute Gasteiger partial charge is 0.472 e. The van der Waals surface area contributed by atoms with E-state index in [0.717, 1.165) is 11.1 Å². The number of aliphatic hydroxyl groups is 1. The highest BCUT2D eigenvalue weighted by Crippen LogP contribution is 2.21. The molecule has 1 aromatic heterocycles. The SMILES string of the molecule is CC(C)(CO)NC(=O)c1cccc(-c2ccoc2)c1. The number of furan rings is 1. The van der Waals surface area contributed by atoms with Gasteiger partial charge in [0, 0.05) is 11.1 Å². The molecule has 0 radical (unpaired) electrons. The fraction of sp³-hybridized carbons (Fsp3) is 0.267. The van der Waals surface area contributed by atoms with Gasteiger partial charge in [0.2, 0.25) is 0 Å². The van der Waals surface area contributed by atoms with Crippen molar-refractivity contribution in [2.45, 2.75) is 19.4 Å². The third-order valence-corrected chi connectivity index (χ3v) is 2.83. The summed E-state index contributed by atoms with van der Waals surface area (Å²) in [4.78, 5) is 12.1. The number of amides is 1. The molecule has 0 unspecified atom stereocenters. The molecule has 1 aromatic carbocycles. The first-order valence-electron chi connectivity index (χ1n) is 6.08. The summed E-state index contributed by atoms with van der Waals surface area (Å²) in [6, 6.07) is 9.12. The quantitative estimate of drug-likeness (QED) is 0.886. The first-order valence-corrected chi connectivity index (χ1v) is 6.08. The summed E-state index contributed by atoms with van der Waals surface area (Å²) in [5.41, 5.74) is 1.77. The Morgan fingerprint density at radius 2 is 2.11 bits per heavy atom. The Morgan fingerprint density at radius 3 is 2.74 bits per heavy atom. The van der Waals surface area contributed by atoms with Crippen LogP contribution in [0.4, 0.5) is 0 Å². The summed E-state index contributed by atoms with van der Waals surface area (Å²) in [5.74, 6) is -0.204. The van der Waals surface area contributed by atoms with Crippen molar-refractivity contribution in [2.24, 2.45) is 0 Å². The molecule has 4 heteroatoms. The van der Waals surface area contributed by atoms with Crippen LogP contribution in [0.15, 0.2) is 47.3 Å². The van der Waals surface area contributed by atoms with Crippen molar-refractivity contribution in [1.29, 1.82) is 0 Å². The van der Waals surface area contributed by atoms with E-state index in [9.17, 15) is 4.79 Å². The summed E-state index contributed by atoms with van der Waals surface area (Å²) in [6.07, 6.45) is 3.23. The normalized spacial score (nSPS) is 11.3. The monoisotopic (exact) mass is 259 g/mol. The lowest BCUT2D eigenvalue weighted by atomic mass is 10.0. The van der Waals surface area contributed by atoms with Crippen molar-refractivity contribution < 1.29 is 14.3 Å². The maximum Gasteiger partial charge on any atom is 0.251 e. The molecule has 0 fully saturated rings. The maximum atomic E-state index is 12.1. The highest BCUT2D eigenvalue weighted by atomic mass is 16.3. The molecule has 0 aliphatic rings. The number of hydrogen-bond acceptors (Lipinski definition) is 3. The number of carbonyl (C=O) groups excluding carboxylic acids is 1. The zero-order valence-electron chi connectivity index (χ0n) is 11.0. The van der Waals surface area contributed by atoms with Crippen LogP contribution >= 0.6 is 0 Å². The van der Waals surface area contributed by atoms with Gasteiger partial charge in [0.25, 0.3) is 5.91 Å². The Hall–Kier alpha value is -2.07. The molecule has 19 heavy (non-hydrogen) atoms. The van der Waals surface area contributed by atoms with Crippen LogP contribution in [0.2, 0.25) is 0 Å². The fourth-order valence-electron chi connectivity index (χ4n) is 1.69. The highest BCUT2D eigenvalue weighted by Gasteiger charge is 2.20. The Bertz CT molecular complexity index is 559. The van der Waals surface area contributed by atoms with Gasteiger partial charge in [-0.05, 0) is 37.6 Å². The molecular weight excluding hydrogens is 242 g/mol. The van der Waals surface area contributed by atoms with E-state index in [1.54, 1.807) is 38.5 Å². The van der Waals surface area contributed by atoms with Crippen LogP contribution in [-0.4, -0.2) is 23.2 Å². The van der Waals surface area contributed by atoms with Crippen molar-refractivity contribution in [1.82, 2.24) is 5.32 Å². The Labute approximate surface area is 112 Å². The van der Waals surface area contributed by atoms with Gasteiger partial charge in [-0.25, -0.2) is 0 Å². The van der Waals surface area contributed by atoms with Crippen LogP contribution in [0.1, 0.15) is 24.2 Å². The van der Waals surface area contributed by atoms with Crippen LogP contribution in [-0.2, 0) is 0 Å². The molecule has 100 valence electrons. The van der Waals surface area contributed by atoms with Crippen molar-refractivity contribution in [3.05, 3.63) is 48.4 Å². The second-order valence-electron chi connectivity index (χ2n) is 5.09. The van der Waals surface area contributed by atoms with E-state index in [4.69, 9.17) is 9.52 Å². The predicted molar refractivity (Wildman–Crippen MR) is 72.8 cm³/mol. The number of hydrogen-bond donors (Lipinski definition) is 2. The molecule has 0 bridgehead atoms. The molecule has 1 heterocycles. The molecule has 2 N–H and O–H groups in total. The molecule has 0 aliphatic carbocycles. The molecule has 0 saturated carbocycles. The number of benzene rings is 1. The first kappa shape index (κ1) is 13.4. The molecule has 2 rings (SSSR count). The highest BCUT2D eigenvalue weighted by molar-refractivity contribution is 5.95. The number of carbonyl (C=O) groups is 1. The van der Waals surface area contributed by atoms with Crippen molar-refractivity contribution >= 4 is 5.91 Å².